The SMILES string of the molecule is C=CCN1C(=O)[C@]2(COC(C3CCC(OCCCO)CC3)=N2)CC2=C1CCCC2. The highest BCUT2D eigenvalue weighted by atomic mass is 16.5. The second kappa shape index (κ2) is 9.00. The third-order valence-electron chi connectivity index (χ3n) is 6.80. The van der Waals surface area contributed by atoms with Gasteiger partial charge in [0.25, 0.3) is 5.91 Å². The number of carbonyl (C=O) groups excluding carboxylic acids is 1. The Morgan fingerprint density at radius 1 is 1.28 bits per heavy atom. The molecule has 4 aliphatic rings. The van der Waals surface area contributed by atoms with Gasteiger partial charge in [0.15, 0.2) is 11.4 Å². The minimum absolute atomic E-state index is 0.0917. The Morgan fingerprint density at radius 3 is 2.83 bits per heavy atom. The number of aliphatic imine (C=N–C) groups is 1. The van der Waals surface area contributed by atoms with Gasteiger partial charge in [-0.1, -0.05) is 6.08 Å². The lowest BCUT2D eigenvalue weighted by molar-refractivity contribution is -0.136. The van der Waals surface area contributed by atoms with Gasteiger partial charge in [-0.15, -0.1) is 6.58 Å². The Labute approximate surface area is 173 Å². The number of aliphatic hydroxyl groups excluding tert-OH is 1. The molecule has 0 aromatic heterocycles. The van der Waals surface area contributed by atoms with Crippen LogP contribution in [-0.4, -0.2) is 59.8 Å². The first-order valence-electron chi connectivity index (χ1n) is 11.3. The van der Waals surface area contributed by atoms with Gasteiger partial charge >= 0.3 is 0 Å². The van der Waals surface area contributed by atoms with Crippen LogP contribution in [0.3, 0.4) is 0 Å². The Kier molecular flexibility index (Phi) is 6.40. The van der Waals surface area contributed by atoms with Gasteiger partial charge in [-0.05, 0) is 63.4 Å². The maximum absolute atomic E-state index is 13.4. The average Bonchev–Trinajstić information content (AvgIpc) is 3.17. The Bertz CT molecular complexity index is 693. The van der Waals surface area contributed by atoms with Gasteiger partial charge in [0.05, 0.1) is 6.10 Å². The maximum atomic E-state index is 13.4. The number of hydrogen-bond donors (Lipinski definition) is 1. The quantitative estimate of drug-likeness (QED) is 0.524. The molecule has 0 aromatic rings. The zero-order valence-electron chi connectivity index (χ0n) is 17.4. The minimum Gasteiger partial charge on any atom is -0.478 e. The summed E-state index contributed by atoms with van der Waals surface area (Å²) in [6.07, 6.45) is 11.8. The van der Waals surface area contributed by atoms with E-state index in [2.05, 4.69) is 6.58 Å². The standard InChI is InChI=1S/C23H34N2O4/c1-2-12-25-20-7-4-3-6-18(20)15-23(22(25)27)16-29-21(24-23)17-8-10-19(11-9-17)28-14-5-13-26/h2,17,19,26H,1,3-16H2/t17?,19?,23-/m1/s1. The first-order chi connectivity index (χ1) is 14.2. The number of hydrogen-bond acceptors (Lipinski definition) is 5. The predicted molar refractivity (Wildman–Crippen MR) is 112 cm³/mol. The molecule has 0 aromatic carbocycles. The average molecular weight is 403 g/mol. The maximum Gasteiger partial charge on any atom is 0.258 e. The summed E-state index contributed by atoms with van der Waals surface area (Å²) >= 11 is 0. The Morgan fingerprint density at radius 2 is 2.07 bits per heavy atom. The lowest BCUT2D eigenvalue weighted by Crippen LogP contribution is -2.52. The Balaban J connectivity index is 1.45. The highest BCUT2D eigenvalue weighted by Gasteiger charge is 2.51. The van der Waals surface area contributed by atoms with Gasteiger partial charge in [0.1, 0.15) is 6.61 Å². The van der Waals surface area contributed by atoms with Crippen molar-refractivity contribution in [1.82, 2.24) is 4.90 Å². The molecule has 29 heavy (non-hydrogen) atoms. The topological polar surface area (TPSA) is 71.4 Å². The number of allylic oxidation sites excluding steroid dienone is 1. The molecule has 4 rings (SSSR count). The predicted octanol–water partition coefficient (Wildman–Crippen LogP) is 3.36. The molecule has 0 radical (unpaired) electrons. The van der Waals surface area contributed by atoms with Crippen LogP contribution in [0.2, 0.25) is 0 Å². The second-order valence-corrected chi connectivity index (χ2v) is 8.83. The fourth-order valence-electron chi connectivity index (χ4n) is 5.26. The third kappa shape index (κ3) is 4.15. The first kappa shape index (κ1) is 20.6. The molecule has 2 heterocycles. The van der Waals surface area contributed by atoms with Gasteiger partial charge in [-0.3, -0.25) is 4.79 Å². The van der Waals surface area contributed by atoms with Gasteiger partial charge in [0, 0.05) is 37.8 Å². The van der Waals surface area contributed by atoms with E-state index in [0.29, 0.717) is 26.2 Å². The van der Waals surface area contributed by atoms with E-state index in [-0.39, 0.29) is 24.5 Å². The summed E-state index contributed by atoms with van der Waals surface area (Å²) in [5.41, 5.74) is 1.85. The smallest absolute Gasteiger partial charge is 0.258 e. The normalized spacial score (nSPS) is 32.2. The molecular weight excluding hydrogens is 368 g/mol. The molecule has 0 saturated heterocycles. The van der Waals surface area contributed by atoms with Crippen LogP contribution >= 0.6 is 0 Å². The van der Waals surface area contributed by atoms with Gasteiger partial charge in [-0.2, -0.15) is 0 Å². The van der Waals surface area contributed by atoms with Gasteiger partial charge < -0.3 is 19.5 Å². The molecule has 160 valence electrons. The molecule has 6 heteroatoms. The zero-order valence-corrected chi connectivity index (χ0v) is 17.4. The summed E-state index contributed by atoms with van der Waals surface area (Å²) in [4.78, 5) is 20.3. The summed E-state index contributed by atoms with van der Waals surface area (Å²) in [5, 5.41) is 8.90. The van der Waals surface area contributed by atoms with Crippen LogP contribution in [0, 0.1) is 5.92 Å². The van der Waals surface area contributed by atoms with Crippen molar-refractivity contribution in [1.29, 1.82) is 0 Å². The van der Waals surface area contributed by atoms with Gasteiger partial charge in [-0.25, -0.2) is 4.99 Å². The molecular formula is C23H34N2O4. The van der Waals surface area contributed by atoms with Crippen molar-refractivity contribution in [3.8, 4) is 0 Å². The van der Waals surface area contributed by atoms with Crippen LogP contribution < -0.4 is 0 Å². The van der Waals surface area contributed by atoms with Crippen LogP contribution in [0.15, 0.2) is 28.9 Å². The van der Waals surface area contributed by atoms with E-state index in [1.807, 2.05) is 11.0 Å². The lowest BCUT2D eigenvalue weighted by Gasteiger charge is -2.41. The van der Waals surface area contributed by atoms with Crippen LogP contribution in [-0.2, 0) is 14.3 Å². The highest BCUT2D eigenvalue weighted by molar-refractivity contribution is 5.95. The van der Waals surface area contributed by atoms with E-state index in [1.165, 1.54) is 17.7 Å². The van der Waals surface area contributed by atoms with Crippen molar-refractivity contribution in [3.63, 3.8) is 0 Å². The molecule has 1 N–H and O–H groups in total. The first-order valence-corrected chi connectivity index (χ1v) is 11.3. The van der Waals surface area contributed by atoms with Crippen molar-refractivity contribution >= 4 is 11.8 Å². The molecule has 2 aliphatic heterocycles. The third-order valence-corrected chi connectivity index (χ3v) is 6.80. The molecule has 1 fully saturated rings. The molecule has 0 unspecified atom stereocenters. The van der Waals surface area contributed by atoms with E-state index >= 15 is 0 Å². The molecule has 1 spiro atoms. The van der Waals surface area contributed by atoms with Crippen molar-refractivity contribution < 1.29 is 19.4 Å². The van der Waals surface area contributed by atoms with Crippen molar-refractivity contribution in [2.45, 2.75) is 75.9 Å². The fraction of sp³-hybridized carbons (Fsp3) is 0.739. The number of ether oxygens (including phenoxy) is 2. The van der Waals surface area contributed by atoms with E-state index in [0.717, 1.165) is 57.3 Å². The van der Waals surface area contributed by atoms with E-state index in [1.54, 1.807) is 0 Å². The van der Waals surface area contributed by atoms with Gasteiger partial charge in [0.2, 0.25) is 0 Å². The molecule has 1 amide bonds. The number of carbonyl (C=O) groups is 1. The number of nitrogens with zero attached hydrogens (tertiary/aromatic N) is 2. The number of rotatable bonds is 7. The highest BCUT2D eigenvalue weighted by Crippen LogP contribution is 2.43. The number of aliphatic hydroxyl groups is 1. The summed E-state index contributed by atoms with van der Waals surface area (Å²) < 4.78 is 11.9. The van der Waals surface area contributed by atoms with E-state index < -0.39 is 5.54 Å². The fourth-order valence-corrected chi connectivity index (χ4v) is 5.26. The molecule has 6 nitrogen and oxygen atoms in total. The summed E-state index contributed by atoms with van der Waals surface area (Å²) in [6.45, 7) is 5.58. The summed E-state index contributed by atoms with van der Waals surface area (Å²) in [7, 11) is 0. The summed E-state index contributed by atoms with van der Waals surface area (Å²) in [6, 6.07) is 0. The zero-order chi connectivity index (χ0) is 20.3. The Hall–Kier alpha value is -1.66. The van der Waals surface area contributed by atoms with Crippen molar-refractivity contribution in [2.75, 3.05) is 26.4 Å². The molecule has 0 bridgehead atoms. The number of amides is 1. The minimum atomic E-state index is -0.761. The van der Waals surface area contributed by atoms with Crippen molar-refractivity contribution in [2.24, 2.45) is 10.9 Å². The van der Waals surface area contributed by atoms with E-state index in [9.17, 15) is 4.79 Å². The van der Waals surface area contributed by atoms with E-state index in [4.69, 9.17) is 19.6 Å². The lowest BCUT2D eigenvalue weighted by atomic mass is 9.80. The van der Waals surface area contributed by atoms with Crippen LogP contribution in [0.5, 0.6) is 0 Å². The molecule has 2 aliphatic carbocycles. The monoisotopic (exact) mass is 402 g/mol. The van der Waals surface area contributed by atoms with Crippen molar-refractivity contribution in [3.05, 3.63) is 23.9 Å². The second-order valence-electron chi connectivity index (χ2n) is 8.83. The van der Waals surface area contributed by atoms with Crippen LogP contribution in [0.1, 0.15) is 64.2 Å². The van der Waals surface area contributed by atoms with Crippen LogP contribution in [0.4, 0.5) is 0 Å². The van der Waals surface area contributed by atoms with Crippen LogP contribution in [0.25, 0.3) is 0 Å². The molecule has 1 atom stereocenters. The summed E-state index contributed by atoms with van der Waals surface area (Å²) in [5.74, 6) is 1.16. The largest absolute Gasteiger partial charge is 0.478 e. The molecule has 1 saturated carbocycles.